The topological polar surface area (TPSA) is 78.5 Å². The van der Waals surface area contributed by atoms with E-state index in [0.717, 1.165) is 37.0 Å². The Bertz CT molecular complexity index is 668. The van der Waals surface area contributed by atoms with Gasteiger partial charge in [0, 0.05) is 6.04 Å². The summed E-state index contributed by atoms with van der Waals surface area (Å²) in [7, 11) is 0. The van der Waals surface area contributed by atoms with Crippen molar-refractivity contribution in [2.24, 2.45) is 0 Å². The van der Waals surface area contributed by atoms with Crippen LogP contribution in [-0.4, -0.2) is 40.9 Å². The van der Waals surface area contributed by atoms with Gasteiger partial charge in [-0.05, 0) is 38.2 Å². The average molecular weight is 357 g/mol. The van der Waals surface area contributed by atoms with Gasteiger partial charge < -0.3 is 10.6 Å². The van der Waals surface area contributed by atoms with Crippen LogP contribution in [0, 0.1) is 0 Å². The van der Waals surface area contributed by atoms with Gasteiger partial charge in [-0.2, -0.15) is 0 Å². The predicted octanol–water partition coefficient (Wildman–Crippen LogP) is 2.38. The minimum Gasteiger partial charge on any atom is -0.352 e. The van der Waals surface area contributed by atoms with Crippen LogP contribution in [0.25, 0.3) is 0 Å². The van der Waals surface area contributed by atoms with Crippen molar-refractivity contribution >= 4 is 17.8 Å². The fourth-order valence-corrected chi connectivity index (χ4v) is 3.88. The van der Waals surface area contributed by atoms with E-state index in [2.05, 4.69) is 22.8 Å². The molecule has 0 unspecified atom stereocenters. The number of amides is 4. The number of nitrogens with one attached hydrogen (secondary N) is 2. The Kier molecular flexibility index (Phi) is 5.59. The highest BCUT2D eigenvalue weighted by Gasteiger charge is 2.51. The van der Waals surface area contributed by atoms with E-state index in [0.29, 0.717) is 12.8 Å². The van der Waals surface area contributed by atoms with Gasteiger partial charge in [0.2, 0.25) is 5.91 Å². The van der Waals surface area contributed by atoms with Crippen molar-refractivity contribution in [3.05, 3.63) is 35.9 Å². The lowest BCUT2D eigenvalue weighted by atomic mass is 9.82. The van der Waals surface area contributed by atoms with E-state index in [4.69, 9.17) is 0 Å². The average Bonchev–Trinajstić information content (AvgIpc) is 2.85. The maximum atomic E-state index is 12.7. The molecular weight excluding hydrogens is 330 g/mol. The van der Waals surface area contributed by atoms with Crippen molar-refractivity contribution in [2.45, 2.75) is 63.5 Å². The SMILES string of the molecule is C[C@@H](CCc1ccccc1)NC(=O)CN1C(=O)NC2(CCCCC2)C1=O. The fourth-order valence-electron chi connectivity index (χ4n) is 3.88. The smallest absolute Gasteiger partial charge is 0.325 e. The summed E-state index contributed by atoms with van der Waals surface area (Å²) in [5.41, 5.74) is 0.455. The van der Waals surface area contributed by atoms with E-state index in [-0.39, 0.29) is 24.4 Å². The summed E-state index contributed by atoms with van der Waals surface area (Å²) in [6.07, 6.45) is 5.97. The first kappa shape index (κ1) is 18.4. The van der Waals surface area contributed by atoms with Crippen LogP contribution in [0.2, 0.25) is 0 Å². The van der Waals surface area contributed by atoms with Crippen molar-refractivity contribution in [3.63, 3.8) is 0 Å². The molecule has 0 radical (unpaired) electrons. The molecule has 3 rings (SSSR count). The van der Waals surface area contributed by atoms with Gasteiger partial charge in [0.25, 0.3) is 5.91 Å². The zero-order chi connectivity index (χ0) is 18.6. The number of hydrogen-bond acceptors (Lipinski definition) is 3. The number of urea groups is 1. The second-order valence-electron chi connectivity index (χ2n) is 7.46. The van der Waals surface area contributed by atoms with Crippen molar-refractivity contribution in [2.75, 3.05) is 6.54 Å². The summed E-state index contributed by atoms with van der Waals surface area (Å²) in [6, 6.07) is 9.63. The monoisotopic (exact) mass is 357 g/mol. The Morgan fingerprint density at radius 3 is 2.58 bits per heavy atom. The van der Waals surface area contributed by atoms with Crippen molar-refractivity contribution in [1.29, 1.82) is 0 Å². The van der Waals surface area contributed by atoms with Crippen molar-refractivity contribution in [1.82, 2.24) is 15.5 Å². The Morgan fingerprint density at radius 1 is 1.19 bits per heavy atom. The molecule has 2 fully saturated rings. The zero-order valence-corrected chi connectivity index (χ0v) is 15.3. The first-order valence-electron chi connectivity index (χ1n) is 9.47. The van der Waals surface area contributed by atoms with Gasteiger partial charge >= 0.3 is 6.03 Å². The summed E-state index contributed by atoms with van der Waals surface area (Å²) < 4.78 is 0. The summed E-state index contributed by atoms with van der Waals surface area (Å²) in [5, 5.41) is 5.73. The zero-order valence-electron chi connectivity index (χ0n) is 15.3. The number of rotatable bonds is 6. The number of carbonyl (C=O) groups is 3. The molecule has 0 aromatic heterocycles. The Labute approximate surface area is 154 Å². The van der Waals surface area contributed by atoms with Crippen LogP contribution in [0.15, 0.2) is 30.3 Å². The third-order valence-corrected chi connectivity index (χ3v) is 5.37. The van der Waals surface area contributed by atoms with E-state index >= 15 is 0 Å². The molecule has 1 aliphatic carbocycles. The van der Waals surface area contributed by atoms with Crippen LogP contribution in [0.4, 0.5) is 4.79 Å². The molecule has 1 aromatic carbocycles. The summed E-state index contributed by atoms with van der Waals surface area (Å²) in [6.45, 7) is 1.73. The Balaban J connectivity index is 1.49. The van der Waals surface area contributed by atoms with Crippen LogP contribution < -0.4 is 10.6 Å². The molecule has 6 nitrogen and oxygen atoms in total. The predicted molar refractivity (Wildman–Crippen MR) is 98.4 cm³/mol. The van der Waals surface area contributed by atoms with Gasteiger partial charge in [-0.15, -0.1) is 0 Å². The number of nitrogens with zero attached hydrogens (tertiary/aromatic N) is 1. The maximum absolute atomic E-state index is 12.7. The van der Waals surface area contributed by atoms with E-state index in [1.807, 2.05) is 25.1 Å². The quantitative estimate of drug-likeness (QED) is 0.767. The fraction of sp³-hybridized carbons (Fsp3) is 0.550. The van der Waals surface area contributed by atoms with Gasteiger partial charge in [-0.1, -0.05) is 49.6 Å². The van der Waals surface area contributed by atoms with Crippen molar-refractivity contribution < 1.29 is 14.4 Å². The first-order chi connectivity index (χ1) is 12.5. The third kappa shape index (κ3) is 4.06. The van der Waals surface area contributed by atoms with E-state index < -0.39 is 11.6 Å². The summed E-state index contributed by atoms with van der Waals surface area (Å²) in [5.74, 6) is -0.531. The molecule has 4 amide bonds. The minimum atomic E-state index is -0.769. The van der Waals surface area contributed by atoms with Crippen LogP contribution in [0.1, 0.15) is 51.0 Å². The molecule has 26 heavy (non-hydrogen) atoms. The molecule has 1 aliphatic heterocycles. The number of imide groups is 1. The molecule has 2 N–H and O–H groups in total. The summed E-state index contributed by atoms with van der Waals surface area (Å²) in [4.78, 5) is 38.3. The molecule has 0 bridgehead atoms. The van der Waals surface area contributed by atoms with Crippen LogP contribution in [0.5, 0.6) is 0 Å². The van der Waals surface area contributed by atoms with Gasteiger partial charge in [0.15, 0.2) is 0 Å². The lowest BCUT2D eigenvalue weighted by Gasteiger charge is -2.30. The van der Waals surface area contributed by atoms with Crippen LogP contribution in [0.3, 0.4) is 0 Å². The molecule has 1 saturated heterocycles. The Hall–Kier alpha value is -2.37. The summed E-state index contributed by atoms with van der Waals surface area (Å²) >= 11 is 0. The maximum Gasteiger partial charge on any atom is 0.325 e. The lowest BCUT2D eigenvalue weighted by Crippen LogP contribution is -2.49. The van der Waals surface area contributed by atoms with Crippen LogP contribution >= 0.6 is 0 Å². The number of carbonyl (C=O) groups excluding carboxylic acids is 3. The van der Waals surface area contributed by atoms with Crippen LogP contribution in [-0.2, 0) is 16.0 Å². The van der Waals surface area contributed by atoms with Gasteiger partial charge in [0.1, 0.15) is 12.1 Å². The standard InChI is InChI=1S/C20H27N3O3/c1-15(10-11-16-8-4-2-5-9-16)21-17(24)14-23-18(25)20(22-19(23)26)12-6-3-7-13-20/h2,4-5,8-9,15H,3,6-7,10-14H2,1H3,(H,21,24)(H,22,26)/t15-/m0/s1. The molecule has 6 heteroatoms. The second kappa shape index (κ2) is 7.89. The number of aryl methyl sites for hydroxylation is 1. The molecule has 2 aliphatic rings. The highest BCUT2D eigenvalue weighted by Crippen LogP contribution is 2.33. The van der Waals surface area contributed by atoms with Crippen molar-refractivity contribution in [3.8, 4) is 0 Å². The largest absolute Gasteiger partial charge is 0.352 e. The molecule has 1 saturated carbocycles. The Morgan fingerprint density at radius 2 is 1.88 bits per heavy atom. The number of benzene rings is 1. The molecule has 1 heterocycles. The third-order valence-electron chi connectivity index (χ3n) is 5.37. The van der Waals surface area contributed by atoms with Gasteiger partial charge in [-0.25, -0.2) is 4.79 Å². The van der Waals surface area contributed by atoms with E-state index in [1.165, 1.54) is 5.56 Å². The lowest BCUT2D eigenvalue weighted by molar-refractivity contribution is -0.136. The molecule has 140 valence electrons. The van der Waals surface area contributed by atoms with E-state index in [1.54, 1.807) is 0 Å². The minimum absolute atomic E-state index is 0.0212. The highest BCUT2D eigenvalue weighted by atomic mass is 16.2. The van der Waals surface area contributed by atoms with Gasteiger partial charge in [0.05, 0.1) is 0 Å². The van der Waals surface area contributed by atoms with E-state index in [9.17, 15) is 14.4 Å². The van der Waals surface area contributed by atoms with Gasteiger partial charge in [-0.3, -0.25) is 14.5 Å². The highest BCUT2D eigenvalue weighted by molar-refractivity contribution is 6.09. The molecule has 1 aromatic rings. The second-order valence-corrected chi connectivity index (χ2v) is 7.46. The molecule has 1 atom stereocenters. The normalized spacial score (nSPS) is 20.1. The number of hydrogen-bond donors (Lipinski definition) is 2. The molecular formula is C20H27N3O3. The molecule has 1 spiro atoms. The first-order valence-corrected chi connectivity index (χ1v) is 9.47.